The van der Waals surface area contributed by atoms with E-state index in [4.69, 9.17) is 38.5 Å². The van der Waals surface area contributed by atoms with E-state index in [2.05, 4.69) is 13.2 Å². The van der Waals surface area contributed by atoms with Crippen molar-refractivity contribution in [1.82, 2.24) is 0 Å². The lowest BCUT2D eigenvalue weighted by Crippen LogP contribution is -2.27. The van der Waals surface area contributed by atoms with Gasteiger partial charge in [-0.2, -0.15) is 4.89 Å². The molecule has 264 valence electrons. The number of esters is 2. The topological polar surface area (TPSA) is 108 Å². The van der Waals surface area contributed by atoms with Gasteiger partial charge >= 0.3 is 11.9 Å². The van der Waals surface area contributed by atoms with Gasteiger partial charge in [0.2, 0.25) is 0 Å². The van der Waals surface area contributed by atoms with Crippen molar-refractivity contribution < 1.29 is 48.1 Å². The second-order valence-electron chi connectivity index (χ2n) is 11.7. The standard InChI is InChI=1S/C38H52O10/c1-3-25-44-45-29-12-8-7-10-27-41-33-17-21-35(22-18-33)47-38(40)32-15-13-31(14-16-32)30-46-48-36-23-19-34(20-24-36)42-26-9-5-6-11-28-43-37(39)4-2/h3-4,17-24,31-32H,1-2,5-16,25-30H2. The van der Waals surface area contributed by atoms with E-state index in [0.29, 0.717) is 57.1 Å². The van der Waals surface area contributed by atoms with E-state index in [0.717, 1.165) is 88.5 Å². The Bertz CT molecular complexity index is 1170. The lowest BCUT2D eigenvalue weighted by atomic mass is 9.82. The second kappa shape index (κ2) is 24.3. The molecular weight excluding hydrogens is 616 g/mol. The molecule has 48 heavy (non-hydrogen) atoms. The monoisotopic (exact) mass is 668 g/mol. The molecule has 1 aliphatic rings. The molecule has 10 heteroatoms. The van der Waals surface area contributed by atoms with Crippen LogP contribution in [0.4, 0.5) is 0 Å². The average molecular weight is 669 g/mol. The summed E-state index contributed by atoms with van der Waals surface area (Å²) in [6, 6.07) is 14.6. The third-order valence-electron chi connectivity index (χ3n) is 7.88. The van der Waals surface area contributed by atoms with Crippen molar-refractivity contribution in [3.8, 4) is 23.0 Å². The average Bonchev–Trinajstić information content (AvgIpc) is 3.11. The summed E-state index contributed by atoms with van der Waals surface area (Å²) >= 11 is 0. The van der Waals surface area contributed by atoms with Crippen LogP contribution in [0.1, 0.15) is 77.0 Å². The zero-order valence-electron chi connectivity index (χ0n) is 28.2. The normalized spacial score (nSPS) is 15.7. The third-order valence-corrected chi connectivity index (χ3v) is 7.88. The molecule has 1 aliphatic carbocycles. The van der Waals surface area contributed by atoms with Crippen LogP contribution in [0.3, 0.4) is 0 Å². The highest BCUT2D eigenvalue weighted by Gasteiger charge is 2.28. The molecule has 0 heterocycles. The van der Waals surface area contributed by atoms with Crippen molar-refractivity contribution in [3.63, 3.8) is 0 Å². The van der Waals surface area contributed by atoms with Crippen LogP contribution in [0, 0.1) is 11.8 Å². The summed E-state index contributed by atoms with van der Waals surface area (Å²) < 4.78 is 22.2. The van der Waals surface area contributed by atoms with Gasteiger partial charge in [-0.3, -0.25) is 4.79 Å². The predicted molar refractivity (Wildman–Crippen MR) is 182 cm³/mol. The number of hydrogen-bond acceptors (Lipinski definition) is 10. The fourth-order valence-corrected chi connectivity index (χ4v) is 5.10. The molecule has 0 N–H and O–H groups in total. The molecule has 0 spiro atoms. The van der Waals surface area contributed by atoms with Gasteiger partial charge in [-0.05, 0) is 125 Å². The van der Waals surface area contributed by atoms with Crippen LogP contribution < -0.4 is 19.1 Å². The highest BCUT2D eigenvalue weighted by molar-refractivity contribution is 5.81. The predicted octanol–water partition coefficient (Wildman–Crippen LogP) is 8.15. The fraction of sp³-hybridized carbons (Fsp3) is 0.526. The maximum absolute atomic E-state index is 12.8. The number of benzene rings is 2. The number of ether oxygens (including phenoxy) is 4. The summed E-state index contributed by atoms with van der Waals surface area (Å²) in [5, 5.41) is 0. The number of rotatable bonds is 26. The molecule has 0 radical (unpaired) electrons. The number of hydrogen-bond donors (Lipinski definition) is 0. The summed E-state index contributed by atoms with van der Waals surface area (Å²) in [5.41, 5.74) is 0. The summed E-state index contributed by atoms with van der Waals surface area (Å²) in [6.07, 6.45) is 13.8. The molecule has 0 aliphatic heterocycles. The second-order valence-corrected chi connectivity index (χ2v) is 11.7. The van der Waals surface area contributed by atoms with Crippen LogP contribution >= 0.6 is 0 Å². The van der Waals surface area contributed by atoms with E-state index >= 15 is 0 Å². The zero-order chi connectivity index (χ0) is 34.1. The first-order valence-electron chi connectivity index (χ1n) is 17.2. The zero-order valence-corrected chi connectivity index (χ0v) is 28.2. The lowest BCUT2D eigenvalue weighted by Gasteiger charge is -2.26. The van der Waals surface area contributed by atoms with Gasteiger partial charge in [0.05, 0.1) is 39.0 Å². The minimum Gasteiger partial charge on any atom is -0.494 e. The van der Waals surface area contributed by atoms with Crippen LogP contribution in [-0.2, 0) is 29.0 Å². The Labute approximate surface area is 285 Å². The third kappa shape index (κ3) is 16.8. The van der Waals surface area contributed by atoms with E-state index < -0.39 is 0 Å². The minimum absolute atomic E-state index is 0.119. The Hall–Kier alpha value is -3.86. The molecule has 0 saturated heterocycles. The molecule has 3 rings (SSSR count). The van der Waals surface area contributed by atoms with Gasteiger partial charge in [-0.25, -0.2) is 14.6 Å². The number of unbranched alkanes of at least 4 members (excludes halogenated alkanes) is 6. The maximum atomic E-state index is 12.8. The van der Waals surface area contributed by atoms with Gasteiger partial charge in [0, 0.05) is 6.08 Å². The van der Waals surface area contributed by atoms with Crippen molar-refractivity contribution >= 4 is 11.9 Å². The van der Waals surface area contributed by atoms with Crippen LogP contribution in [-0.4, -0.2) is 51.6 Å². The van der Waals surface area contributed by atoms with E-state index in [-0.39, 0.29) is 17.9 Å². The van der Waals surface area contributed by atoms with E-state index in [1.165, 1.54) is 6.08 Å². The van der Waals surface area contributed by atoms with Crippen molar-refractivity contribution in [2.45, 2.75) is 77.0 Å². The molecule has 10 nitrogen and oxygen atoms in total. The Kier molecular flexibility index (Phi) is 19.5. The molecule has 2 aromatic carbocycles. The summed E-state index contributed by atoms with van der Waals surface area (Å²) in [6.45, 7) is 10.1. The highest BCUT2D eigenvalue weighted by atomic mass is 17.2. The van der Waals surface area contributed by atoms with Crippen molar-refractivity contribution in [2.24, 2.45) is 11.8 Å². The molecule has 0 amide bonds. The highest BCUT2D eigenvalue weighted by Crippen LogP contribution is 2.31. The summed E-state index contributed by atoms with van der Waals surface area (Å²) in [5.74, 6) is 2.31. The first-order chi connectivity index (χ1) is 23.6. The Balaban J connectivity index is 1.19. The minimum atomic E-state index is -0.379. The van der Waals surface area contributed by atoms with E-state index in [9.17, 15) is 9.59 Å². The van der Waals surface area contributed by atoms with Crippen LogP contribution in [0.2, 0.25) is 0 Å². The number of carbonyl (C=O) groups is 2. The summed E-state index contributed by atoms with van der Waals surface area (Å²) in [7, 11) is 0. The van der Waals surface area contributed by atoms with Crippen LogP contribution in [0.5, 0.6) is 23.0 Å². The molecule has 0 unspecified atom stereocenters. The fourth-order valence-electron chi connectivity index (χ4n) is 5.10. The quantitative estimate of drug-likeness (QED) is 0.0185. The van der Waals surface area contributed by atoms with Gasteiger partial charge < -0.3 is 23.8 Å². The van der Waals surface area contributed by atoms with Gasteiger partial charge in [0.25, 0.3) is 0 Å². The van der Waals surface area contributed by atoms with Gasteiger partial charge in [0.1, 0.15) is 23.9 Å². The van der Waals surface area contributed by atoms with Crippen LogP contribution in [0.25, 0.3) is 0 Å². The molecule has 0 aromatic heterocycles. The smallest absolute Gasteiger partial charge is 0.330 e. The molecular formula is C38H52O10. The Morgan fingerprint density at radius 1 is 0.625 bits per heavy atom. The van der Waals surface area contributed by atoms with Gasteiger partial charge in [-0.15, -0.1) is 6.58 Å². The molecule has 1 saturated carbocycles. The van der Waals surface area contributed by atoms with E-state index in [1.54, 1.807) is 18.2 Å². The van der Waals surface area contributed by atoms with Crippen LogP contribution in [0.15, 0.2) is 73.8 Å². The van der Waals surface area contributed by atoms with Crippen molar-refractivity contribution in [2.75, 3.05) is 39.6 Å². The van der Waals surface area contributed by atoms with Gasteiger partial charge in [0.15, 0.2) is 5.75 Å². The first kappa shape index (κ1) is 38.6. The summed E-state index contributed by atoms with van der Waals surface area (Å²) in [4.78, 5) is 44.7. The van der Waals surface area contributed by atoms with E-state index in [1.807, 2.05) is 36.4 Å². The molecule has 0 bridgehead atoms. The Morgan fingerprint density at radius 3 is 1.75 bits per heavy atom. The maximum Gasteiger partial charge on any atom is 0.330 e. The van der Waals surface area contributed by atoms with Gasteiger partial charge in [-0.1, -0.05) is 19.1 Å². The number of carbonyl (C=O) groups excluding carboxylic acids is 2. The molecule has 0 atom stereocenters. The van der Waals surface area contributed by atoms with Crippen molar-refractivity contribution in [3.05, 3.63) is 73.8 Å². The Morgan fingerprint density at radius 2 is 1.17 bits per heavy atom. The largest absolute Gasteiger partial charge is 0.494 e. The lowest BCUT2D eigenvalue weighted by molar-refractivity contribution is -0.286. The molecule has 2 aromatic rings. The SMILES string of the molecule is C=CCOOCCCCCCOc1ccc(OC(=O)C2CCC(COOc3ccc(OCCCCCCOC(=O)C=C)cc3)CC2)cc1. The first-order valence-corrected chi connectivity index (χ1v) is 17.2. The molecule has 1 fully saturated rings. The van der Waals surface area contributed by atoms with Crippen molar-refractivity contribution in [1.29, 1.82) is 0 Å².